The van der Waals surface area contributed by atoms with Gasteiger partial charge in [-0.15, -0.1) is 0 Å². The quantitative estimate of drug-likeness (QED) is 0.155. The summed E-state index contributed by atoms with van der Waals surface area (Å²) in [5.41, 5.74) is 15.2. The predicted octanol–water partition coefficient (Wildman–Crippen LogP) is 14.3. The Labute approximate surface area is 339 Å². The Morgan fingerprint density at radius 3 is 1.38 bits per heavy atom. The number of aromatic nitrogens is 2. The highest BCUT2D eigenvalue weighted by Gasteiger charge is 2.38. The van der Waals surface area contributed by atoms with Gasteiger partial charge in [0.25, 0.3) is 0 Å². The number of nitrogens with zero attached hydrogens (tertiary/aromatic N) is 5. The first-order valence-corrected chi connectivity index (χ1v) is 19.7. The van der Waals surface area contributed by atoms with Gasteiger partial charge in [-0.05, 0) is 138 Å². The Morgan fingerprint density at radius 2 is 0.862 bits per heavy atom. The molecule has 5 nitrogen and oxygen atoms in total. The second kappa shape index (κ2) is 14.5. The molecule has 0 saturated carbocycles. The summed E-state index contributed by atoms with van der Waals surface area (Å²) in [6, 6.07) is 71.5. The third kappa shape index (κ3) is 6.14. The van der Waals surface area contributed by atoms with Crippen molar-refractivity contribution < 1.29 is 0 Å². The fourth-order valence-corrected chi connectivity index (χ4v) is 8.50. The highest BCUT2D eigenvalue weighted by atomic mass is 15.2. The van der Waals surface area contributed by atoms with E-state index in [1.54, 1.807) is 6.20 Å². The van der Waals surface area contributed by atoms with E-state index in [0.29, 0.717) is 0 Å². The van der Waals surface area contributed by atoms with Crippen molar-refractivity contribution in [2.75, 3.05) is 14.7 Å². The molecular weight excluding hydrogens is 707 g/mol. The molecule has 0 saturated heterocycles. The molecule has 1 aliphatic heterocycles. The molecule has 0 bridgehead atoms. The van der Waals surface area contributed by atoms with Crippen LogP contribution in [-0.4, -0.2) is 9.97 Å². The van der Waals surface area contributed by atoms with E-state index in [1.165, 1.54) is 22.5 Å². The normalized spacial score (nSPS) is 12.8. The van der Waals surface area contributed by atoms with Gasteiger partial charge in [-0.3, -0.25) is 0 Å². The molecule has 0 spiro atoms. The fraction of sp³-hybridized carbons (Fsp3) is 0.0566. The molecule has 278 valence electrons. The molecule has 5 heteroatoms. The van der Waals surface area contributed by atoms with Gasteiger partial charge in [-0.25, -0.2) is 9.97 Å². The number of para-hydroxylation sites is 4. The van der Waals surface area contributed by atoms with Crippen LogP contribution in [0.3, 0.4) is 0 Å². The van der Waals surface area contributed by atoms with Crippen LogP contribution in [0.5, 0.6) is 0 Å². The van der Waals surface area contributed by atoms with E-state index in [-0.39, 0.29) is 5.41 Å². The molecule has 58 heavy (non-hydrogen) atoms. The Bertz CT molecular complexity index is 2810. The molecule has 2 aromatic heterocycles. The highest BCUT2D eigenvalue weighted by Crippen LogP contribution is 2.54. The van der Waals surface area contributed by atoms with E-state index in [0.717, 1.165) is 62.0 Å². The van der Waals surface area contributed by atoms with E-state index in [2.05, 4.69) is 233 Å². The average molecular weight is 748 g/mol. The molecule has 3 heterocycles. The van der Waals surface area contributed by atoms with Gasteiger partial charge in [0, 0.05) is 63.0 Å². The highest BCUT2D eigenvalue weighted by molar-refractivity contribution is 5.94. The van der Waals surface area contributed by atoms with Crippen molar-refractivity contribution in [1.29, 1.82) is 0 Å². The van der Waals surface area contributed by atoms with Gasteiger partial charge in [-0.1, -0.05) is 98.8 Å². The second-order valence-corrected chi connectivity index (χ2v) is 15.2. The van der Waals surface area contributed by atoms with Gasteiger partial charge in [0.1, 0.15) is 0 Å². The molecule has 0 N–H and O–H groups in total. The number of pyridine rings is 2. The van der Waals surface area contributed by atoms with Crippen molar-refractivity contribution in [1.82, 2.24) is 9.97 Å². The van der Waals surface area contributed by atoms with E-state index in [1.807, 2.05) is 12.3 Å². The third-order valence-electron chi connectivity index (χ3n) is 11.3. The van der Waals surface area contributed by atoms with Gasteiger partial charge in [0.05, 0.1) is 11.4 Å². The third-order valence-corrected chi connectivity index (χ3v) is 11.3. The van der Waals surface area contributed by atoms with Crippen LogP contribution in [0, 0.1) is 0 Å². The smallest absolute Gasteiger partial charge is 0.159 e. The minimum absolute atomic E-state index is 0.357. The number of hydrogen-bond acceptors (Lipinski definition) is 5. The van der Waals surface area contributed by atoms with Crippen LogP contribution >= 0.6 is 0 Å². The fourth-order valence-electron chi connectivity index (χ4n) is 8.50. The lowest BCUT2D eigenvalue weighted by atomic mass is 9.73. The summed E-state index contributed by atoms with van der Waals surface area (Å²) in [5, 5.41) is 1.04. The minimum atomic E-state index is -0.357. The molecule has 9 aromatic rings. The van der Waals surface area contributed by atoms with Gasteiger partial charge in [-0.2, -0.15) is 0 Å². The number of anilines is 9. The first-order chi connectivity index (χ1) is 28.5. The van der Waals surface area contributed by atoms with E-state index >= 15 is 0 Å². The summed E-state index contributed by atoms with van der Waals surface area (Å²) >= 11 is 0. The SMILES string of the molecule is CC1(C)c2cc(N(c3ccccc3)c3ccccc3)ccc2N(c2ccccc2)c2ccc(N(c3ccccc3)c3ccc(-c4ccnc5ncccc45)cc3)cc21. The van der Waals surface area contributed by atoms with Gasteiger partial charge in [0.15, 0.2) is 5.65 Å². The van der Waals surface area contributed by atoms with Crippen LogP contribution in [0.25, 0.3) is 22.2 Å². The Morgan fingerprint density at radius 1 is 0.414 bits per heavy atom. The lowest BCUT2D eigenvalue weighted by molar-refractivity contribution is 0.632. The van der Waals surface area contributed by atoms with E-state index in [4.69, 9.17) is 0 Å². The van der Waals surface area contributed by atoms with Crippen molar-refractivity contribution in [2.45, 2.75) is 19.3 Å². The monoisotopic (exact) mass is 747 g/mol. The Kier molecular flexibility index (Phi) is 8.76. The zero-order chi connectivity index (χ0) is 39.1. The van der Waals surface area contributed by atoms with Crippen molar-refractivity contribution in [3.63, 3.8) is 0 Å². The summed E-state index contributed by atoms with van der Waals surface area (Å²) in [4.78, 5) is 16.1. The number of fused-ring (bicyclic) bond motifs is 3. The van der Waals surface area contributed by atoms with Crippen molar-refractivity contribution in [3.8, 4) is 11.1 Å². The van der Waals surface area contributed by atoms with E-state index in [9.17, 15) is 0 Å². The van der Waals surface area contributed by atoms with Crippen LogP contribution in [0.4, 0.5) is 51.2 Å². The van der Waals surface area contributed by atoms with Crippen LogP contribution in [0.2, 0.25) is 0 Å². The molecule has 0 radical (unpaired) electrons. The summed E-state index contributed by atoms with van der Waals surface area (Å²) in [7, 11) is 0. The first-order valence-electron chi connectivity index (χ1n) is 19.7. The summed E-state index contributed by atoms with van der Waals surface area (Å²) in [6.07, 6.45) is 3.63. The molecule has 1 aliphatic rings. The maximum Gasteiger partial charge on any atom is 0.159 e. The molecule has 0 aliphatic carbocycles. The van der Waals surface area contributed by atoms with Crippen molar-refractivity contribution in [3.05, 3.63) is 224 Å². The van der Waals surface area contributed by atoms with Gasteiger partial charge < -0.3 is 14.7 Å². The number of benzene rings is 7. The molecule has 10 rings (SSSR count). The average Bonchev–Trinajstić information content (AvgIpc) is 3.28. The molecular formula is C53H41N5. The predicted molar refractivity (Wildman–Crippen MR) is 241 cm³/mol. The van der Waals surface area contributed by atoms with Crippen molar-refractivity contribution in [2.24, 2.45) is 0 Å². The maximum atomic E-state index is 4.49. The largest absolute Gasteiger partial charge is 0.310 e. The van der Waals surface area contributed by atoms with Gasteiger partial charge >= 0.3 is 0 Å². The van der Waals surface area contributed by atoms with Crippen LogP contribution in [-0.2, 0) is 5.41 Å². The molecule has 7 aromatic carbocycles. The molecule has 0 amide bonds. The lowest BCUT2D eigenvalue weighted by Gasteiger charge is -2.43. The molecule has 0 fully saturated rings. The van der Waals surface area contributed by atoms with Crippen LogP contribution in [0.1, 0.15) is 25.0 Å². The van der Waals surface area contributed by atoms with Crippen LogP contribution < -0.4 is 14.7 Å². The lowest BCUT2D eigenvalue weighted by Crippen LogP contribution is -2.31. The van der Waals surface area contributed by atoms with Crippen LogP contribution in [0.15, 0.2) is 213 Å². The minimum Gasteiger partial charge on any atom is -0.310 e. The zero-order valence-corrected chi connectivity index (χ0v) is 32.4. The van der Waals surface area contributed by atoms with Crippen molar-refractivity contribution >= 4 is 62.2 Å². The maximum absolute atomic E-state index is 4.49. The standard InChI is InChI=1S/C53H41N5/c1-53(2)48-36-44(56(39-16-7-3-8-17-39)40-18-9-4-10-19-40)29-31-50(48)58(42-22-13-6-14-23-42)51-32-30-45(37-49(51)53)57(41-20-11-5-12-21-41)43-27-25-38(26-28-43)46-33-35-55-52-47(46)24-15-34-54-52/h3-37H,1-2H3. The van der Waals surface area contributed by atoms with Gasteiger partial charge in [0.2, 0.25) is 0 Å². The summed E-state index contributed by atoms with van der Waals surface area (Å²) in [5.74, 6) is 0. The number of hydrogen-bond donors (Lipinski definition) is 0. The summed E-state index contributed by atoms with van der Waals surface area (Å²) < 4.78 is 0. The first kappa shape index (κ1) is 35.0. The Hall–Kier alpha value is -7.50. The van der Waals surface area contributed by atoms with E-state index < -0.39 is 0 Å². The molecule has 0 atom stereocenters. The molecule has 0 unspecified atom stereocenters. The Balaban J connectivity index is 1.12. The number of rotatable bonds is 8. The summed E-state index contributed by atoms with van der Waals surface area (Å²) in [6.45, 7) is 4.73. The topological polar surface area (TPSA) is 35.5 Å². The zero-order valence-electron chi connectivity index (χ0n) is 32.4. The second-order valence-electron chi connectivity index (χ2n) is 15.2.